The van der Waals surface area contributed by atoms with Gasteiger partial charge in [0.1, 0.15) is 0 Å². The van der Waals surface area contributed by atoms with E-state index >= 15 is 0 Å². The Kier molecular flexibility index (Phi) is 2.24. The zero-order valence-electron chi connectivity index (χ0n) is 5.79. The lowest BCUT2D eigenvalue weighted by molar-refractivity contribution is -0.140. The van der Waals surface area contributed by atoms with E-state index in [0.29, 0.717) is 13.0 Å². The van der Waals surface area contributed by atoms with Gasteiger partial charge in [0.25, 0.3) is 0 Å². The lowest BCUT2D eigenvalue weighted by atomic mass is 10.2. The molecule has 0 aromatic carbocycles. The Bertz CT molecular complexity index is 138. The van der Waals surface area contributed by atoms with Gasteiger partial charge in [0.2, 0.25) is 5.91 Å². The minimum absolute atomic E-state index is 0.0518. The van der Waals surface area contributed by atoms with Crippen LogP contribution in [0.15, 0.2) is 0 Å². The van der Waals surface area contributed by atoms with Crippen LogP contribution in [0.3, 0.4) is 0 Å². The van der Waals surface area contributed by atoms with Gasteiger partial charge >= 0.3 is 0 Å². The molecule has 4 heteroatoms. The van der Waals surface area contributed by atoms with Crippen LogP contribution in [0.5, 0.6) is 0 Å². The van der Waals surface area contributed by atoms with E-state index < -0.39 is 0 Å². The molecule has 0 spiro atoms. The first kappa shape index (κ1) is 7.50. The molecule has 0 saturated carbocycles. The van der Waals surface area contributed by atoms with Crippen molar-refractivity contribution >= 4 is 5.91 Å². The van der Waals surface area contributed by atoms with Gasteiger partial charge in [-0.3, -0.25) is 4.79 Å². The number of β-lactam (4-membered cyclic amide) rings is 1. The molecule has 58 valence electrons. The average Bonchev–Trinajstić information content (AvgIpc) is 1.96. The third-order valence-corrected chi connectivity index (χ3v) is 1.64. The Morgan fingerprint density at radius 2 is 2.50 bits per heavy atom. The number of hydrogen-bond donors (Lipinski definition) is 2. The van der Waals surface area contributed by atoms with E-state index in [9.17, 15) is 4.79 Å². The number of hydrogen-bond acceptors (Lipinski definition) is 3. The van der Waals surface area contributed by atoms with Crippen molar-refractivity contribution in [2.45, 2.75) is 12.5 Å². The maximum absolute atomic E-state index is 10.7. The predicted molar refractivity (Wildman–Crippen MR) is 36.3 cm³/mol. The molecule has 0 aromatic heterocycles. The van der Waals surface area contributed by atoms with Crippen LogP contribution in [0.1, 0.15) is 6.42 Å². The Balaban J connectivity index is 2.19. The van der Waals surface area contributed by atoms with E-state index in [-0.39, 0.29) is 18.6 Å². The topological polar surface area (TPSA) is 66.6 Å². The number of likely N-dealkylation sites (tertiary alicyclic amines) is 1. The maximum Gasteiger partial charge on any atom is 0.224 e. The largest absolute Gasteiger partial charge is 0.395 e. The molecule has 1 fully saturated rings. The van der Waals surface area contributed by atoms with E-state index in [4.69, 9.17) is 10.8 Å². The molecule has 0 aromatic rings. The summed E-state index contributed by atoms with van der Waals surface area (Å²) >= 11 is 0. The van der Waals surface area contributed by atoms with Crippen molar-refractivity contribution in [2.75, 3.05) is 19.7 Å². The van der Waals surface area contributed by atoms with Crippen molar-refractivity contribution in [3.05, 3.63) is 0 Å². The van der Waals surface area contributed by atoms with Crippen molar-refractivity contribution in [3.63, 3.8) is 0 Å². The van der Waals surface area contributed by atoms with Gasteiger partial charge in [-0.2, -0.15) is 0 Å². The minimum Gasteiger partial charge on any atom is -0.395 e. The number of aliphatic hydroxyl groups excluding tert-OH is 1. The molecule has 1 amide bonds. The van der Waals surface area contributed by atoms with Crippen molar-refractivity contribution in [3.8, 4) is 0 Å². The highest BCUT2D eigenvalue weighted by atomic mass is 16.3. The summed E-state index contributed by atoms with van der Waals surface area (Å²) in [5, 5.41) is 8.53. The van der Waals surface area contributed by atoms with Crippen LogP contribution >= 0.6 is 0 Å². The lowest BCUT2D eigenvalue weighted by Crippen LogP contribution is -2.50. The SMILES string of the molecule is NC(CO)CN1CCC1=O. The van der Waals surface area contributed by atoms with Crippen LogP contribution in [0.25, 0.3) is 0 Å². The second-order valence-electron chi connectivity index (χ2n) is 2.53. The number of aliphatic hydroxyl groups is 1. The van der Waals surface area contributed by atoms with Gasteiger partial charge in [-0.05, 0) is 0 Å². The smallest absolute Gasteiger partial charge is 0.224 e. The van der Waals surface area contributed by atoms with Gasteiger partial charge in [-0.1, -0.05) is 0 Å². The molecule has 4 nitrogen and oxygen atoms in total. The number of carbonyl (C=O) groups is 1. The van der Waals surface area contributed by atoms with Crippen LogP contribution in [-0.2, 0) is 4.79 Å². The number of nitrogens with zero attached hydrogens (tertiary/aromatic N) is 1. The molecule has 1 aliphatic heterocycles. The summed E-state index contributed by atoms with van der Waals surface area (Å²) in [4.78, 5) is 12.3. The van der Waals surface area contributed by atoms with Gasteiger partial charge in [0, 0.05) is 25.6 Å². The Hall–Kier alpha value is -0.610. The summed E-state index contributed by atoms with van der Waals surface area (Å²) < 4.78 is 0. The molecular weight excluding hydrogens is 132 g/mol. The summed E-state index contributed by atoms with van der Waals surface area (Å²) in [7, 11) is 0. The second kappa shape index (κ2) is 2.98. The van der Waals surface area contributed by atoms with E-state index in [1.807, 2.05) is 0 Å². The van der Waals surface area contributed by atoms with Crippen LogP contribution in [0, 0.1) is 0 Å². The number of nitrogens with two attached hydrogens (primary N) is 1. The van der Waals surface area contributed by atoms with Crippen LogP contribution in [0.2, 0.25) is 0 Å². The van der Waals surface area contributed by atoms with E-state index in [0.717, 1.165) is 6.54 Å². The van der Waals surface area contributed by atoms with Gasteiger partial charge in [-0.25, -0.2) is 0 Å². The number of carbonyl (C=O) groups excluding carboxylic acids is 1. The normalized spacial score (nSPS) is 20.6. The molecule has 10 heavy (non-hydrogen) atoms. The number of amides is 1. The highest BCUT2D eigenvalue weighted by Crippen LogP contribution is 2.07. The summed E-state index contributed by atoms with van der Waals surface area (Å²) in [6.45, 7) is 1.24. The van der Waals surface area contributed by atoms with E-state index in [1.54, 1.807) is 4.90 Å². The molecular formula is C6H12N2O2. The van der Waals surface area contributed by atoms with Gasteiger partial charge in [0.15, 0.2) is 0 Å². The predicted octanol–water partition coefficient (Wildman–Crippen LogP) is -1.46. The fourth-order valence-corrected chi connectivity index (χ4v) is 0.895. The molecule has 0 bridgehead atoms. The molecule has 3 N–H and O–H groups in total. The van der Waals surface area contributed by atoms with Gasteiger partial charge < -0.3 is 15.7 Å². The van der Waals surface area contributed by atoms with E-state index in [2.05, 4.69) is 0 Å². The third-order valence-electron chi connectivity index (χ3n) is 1.64. The standard InChI is InChI=1S/C6H12N2O2/c7-5(4-9)3-8-2-1-6(8)10/h5,9H,1-4,7H2. The first-order valence-electron chi connectivity index (χ1n) is 3.38. The zero-order valence-corrected chi connectivity index (χ0v) is 5.79. The quantitative estimate of drug-likeness (QED) is 0.476. The lowest BCUT2D eigenvalue weighted by Gasteiger charge is -2.32. The fraction of sp³-hybridized carbons (Fsp3) is 0.833. The highest BCUT2D eigenvalue weighted by molar-refractivity contribution is 5.81. The molecule has 1 heterocycles. The molecule has 1 saturated heterocycles. The maximum atomic E-state index is 10.7. The van der Waals surface area contributed by atoms with Crippen LogP contribution < -0.4 is 5.73 Å². The molecule has 0 aliphatic carbocycles. The summed E-state index contributed by atoms with van der Waals surface area (Å²) in [6, 6.07) is -0.274. The van der Waals surface area contributed by atoms with Crippen molar-refractivity contribution < 1.29 is 9.90 Å². The molecule has 1 rings (SSSR count). The Morgan fingerprint density at radius 3 is 2.80 bits per heavy atom. The Morgan fingerprint density at radius 1 is 1.80 bits per heavy atom. The molecule has 0 radical (unpaired) electrons. The van der Waals surface area contributed by atoms with Crippen LogP contribution in [0.4, 0.5) is 0 Å². The molecule has 1 unspecified atom stereocenters. The van der Waals surface area contributed by atoms with Crippen molar-refractivity contribution in [1.82, 2.24) is 4.90 Å². The first-order valence-corrected chi connectivity index (χ1v) is 3.38. The first-order chi connectivity index (χ1) is 4.74. The van der Waals surface area contributed by atoms with Gasteiger partial charge in [0.05, 0.1) is 6.61 Å². The number of rotatable bonds is 3. The molecule has 1 atom stereocenters. The van der Waals surface area contributed by atoms with Crippen molar-refractivity contribution in [1.29, 1.82) is 0 Å². The molecule has 1 aliphatic rings. The third kappa shape index (κ3) is 1.46. The summed E-state index contributed by atoms with van der Waals surface area (Å²) in [5.41, 5.74) is 5.40. The average molecular weight is 144 g/mol. The second-order valence-corrected chi connectivity index (χ2v) is 2.53. The fourth-order valence-electron chi connectivity index (χ4n) is 0.895. The monoisotopic (exact) mass is 144 g/mol. The zero-order chi connectivity index (χ0) is 7.56. The van der Waals surface area contributed by atoms with Gasteiger partial charge in [-0.15, -0.1) is 0 Å². The van der Waals surface area contributed by atoms with E-state index in [1.165, 1.54) is 0 Å². The minimum atomic E-state index is -0.274. The summed E-state index contributed by atoms with van der Waals surface area (Å²) in [6.07, 6.45) is 0.637. The highest BCUT2D eigenvalue weighted by Gasteiger charge is 2.24. The van der Waals surface area contributed by atoms with Crippen LogP contribution in [-0.4, -0.2) is 41.7 Å². The Labute approximate surface area is 59.6 Å². The van der Waals surface area contributed by atoms with Crippen molar-refractivity contribution in [2.24, 2.45) is 5.73 Å². The summed E-state index contributed by atoms with van der Waals surface area (Å²) in [5.74, 6) is 0.143.